The van der Waals surface area contributed by atoms with Crippen LogP contribution >= 0.6 is 23.2 Å². The molecule has 1 amide bonds. The fourth-order valence-corrected chi connectivity index (χ4v) is 2.71. The van der Waals surface area contributed by atoms with Crippen molar-refractivity contribution in [3.05, 3.63) is 76.0 Å². The van der Waals surface area contributed by atoms with E-state index in [1.165, 1.54) is 5.56 Å². The number of hydrogen-bond donors (Lipinski definition) is 1. The Balaban J connectivity index is 1.75. The predicted octanol–water partition coefficient (Wildman–Crippen LogP) is 6.63. The monoisotopic (exact) mass is 373 g/mol. The molecule has 0 aliphatic heterocycles. The molecule has 0 saturated carbocycles. The van der Waals surface area contributed by atoms with Gasteiger partial charge < -0.3 is 9.73 Å². The summed E-state index contributed by atoms with van der Waals surface area (Å²) in [6.07, 6.45) is 0. The number of hydrogen-bond acceptors (Lipinski definition) is 2. The molecule has 25 heavy (non-hydrogen) atoms. The normalized spacial score (nSPS) is 10.9. The first kappa shape index (κ1) is 17.6. The topological polar surface area (TPSA) is 42.2 Å². The minimum absolute atomic E-state index is 0.231. The lowest BCUT2D eigenvalue weighted by Crippen LogP contribution is -2.10. The van der Waals surface area contributed by atoms with Crippen LogP contribution in [0.2, 0.25) is 10.0 Å². The average molecular weight is 374 g/mol. The van der Waals surface area contributed by atoms with Gasteiger partial charge in [-0.15, -0.1) is 0 Å². The maximum Gasteiger partial charge on any atom is 0.291 e. The number of amides is 1. The molecule has 0 saturated heterocycles. The van der Waals surface area contributed by atoms with Crippen molar-refractivity contribution < 1.29 is 9.21 Å². The molecule has 0 spiro atoms. The number of benzene rings is 2. The number of nitrogens with one attached hydrogen (secondary N) is 1. The van der Waals surface area contributed by atoms with E-state index < -0.39 is 0 Å². The third-order valence-electron chi connectivity index (χ3n) is 3.87. The number of carbonyl (C=O) groups is 1. The van der Waals surface area contributed by atoms with E-state index in [0.717, 1.165) is 11.3 Å². The van der Waals surface area contributed by atoms with Crippen molar-refractivity contribution in [3.8, 4) is 11.3 Å². The highest BCUT2D eigenvalue weighted by Crippen LogP contribution is 2.29. The van der Waals surface area contributed by atoms with Crippen LogP contribution in [-0.2, 0) is 0 Å². The minimum Gasteiger partial charge on any atom is -0.451 e. The van der Waals surface area contributed by atoms with Crippen LogP contribution in [0.5, 0.6) is 0 Å². The first-order valence-corrected chi connectivity index (χ1v) is 8.66. The fourth-order valence-electron chi connectivity index (χ4n) is 2.41. The van der Waals surface area contributed by atoms with Gasteiger partial charge in [-0.3, -0.25) is 4.79 Å². The molecule has 0 fully saturated rings. The Labute approximate surface area is 156 Å². The molecule has 1 aromatic heterocycles. The van der Waals surface area contributed by atoms with Crippen LogP contribution in [-0.4, -0.2) is 5.91 Å². The summed E-state index contributed by atoms with van der Waals surface area (Å²) in [5.41, 5.74) is 2.70. The second-order valence-corrected chi connectivity index (χ2v) is 6.84. The van der Waals surface area contributed by atoms with Gasteiger partial charge in [-0.2, -0.15) is 0 Å². The van der Waals surface area contributed by atoms with Gasteiger partial charge in [0.15, 0.2) is 5.76 Å². The molecule has 0 bridgehead atoms. The van der Waals surface area contributed by atoms with Crippen molar-refractivity contribution in [2.45, 2.75) is 19.8 Å². The second-order valence-electron chi connectivity index (χ2n) is 6.02. The number of carbonyl (C=O) groups excluding carboxylic acids is 1. The molecule has 2 aromatic carbocycles. The molecule has 0 aliphatic carbocycles. The summed E-state index contributed by atoms with van der Waals surface area (Å²) in [6.45, 7) is 4.25. The van der Waals surface area contributed by atoms with Crippen LogP contribution in [0.1, 0.15) is 35.9 Å². The maximum atomic E-state index is 12.3. The van der Waals surface area contributed by atoms with E-state index in [0.29, 0.717) is 21.7 Å². The van der Waals surface area contributed by atoms with Crippen LogP contribution in [0, 0.1) is 0 Å². The first-order chi connectivity index (χ1) is 11.9. The highest BCUT2D eigenvalue weighted by Gasteiger charge is 2.13. The fraction of sp³-hybridized carbons (Fsp3) is 0.150. The molecule has 1 heterocycles. The zero-order valence-electron chi connectivity index (χ0n) is 13.8. The molecule has 3 aromatic rings. The third-order valence-corrected chi connectivity index (χ3v) is 4.61. The molecule has 3 nitrogen and oxygen atoms in total. The smallest absolute Gasteiger partial charge is 0.291 e. The van der Waals surface area contributed by atoms with Crippen molar-refractivity contribution in [3.63, 3.8) is 0 Å². The molecule has 1 N–H and O–H groups in total. The summed E-state index contributed by atoms with van der Waals surface area (Å²) >= 11 is 11.9. The second kappa shape index (κ2) is 7.34. The quantitative estimate of drug-likeness (QED) is 0.557. The van der Waals surface area contributed by atoms with E-state index in [2.05, 4.69) is 19.2 Å². The molecule has 5 heteroatoms. The zero-order chi connectivity index (χ0) is 18.0. The summed E-state index contributed by atoms with van der Waals surface area (Å²) < 4.78 is 5.65. The van der Waals surface area contributed by atoms with Gasteiger partial charge in [-0.25, -0.2) is 0 Å². The van der Waals surface area contributed by atoms with Crippen molar-refractivity contribution in [1.29, 1.82) is 0 Å². The van der Waals surface area contributed by atoms with Crippen molar-refractivity contribution in [2.24, 2.45) is 0 Å². The van der Waals surface area contributed by atoms with Crippen LogP contribution < -0.4 is 5.32 Å². The first-order valence-electron chi connectivity index (χ1n) is 7.90. The summed E-state index contributed by atoms with van der Waals surface area (Å²) in [4.78, 5) is 12.3. The third kappa shape index (κ3) is 4.06. The Morgan fingerprint density at radius 2 is 1.68 bits per heavy atom. The lowest BCUT2D eigenvalue weighted by atomic mass is 10.0. The van der Waals surface area contributed by atoms with Crippen LogP contribution in [0.4, 0.5) is 5.69 Å². The molecule has 128 valence electrons. The van der Waals surface area contributed by atoms with Crippen LogP contribution in [0.3, 0.4) is 0 Å². The summed E-state index contributed by atoms with van der Waals surface area (Å²) in [7, 11) is 0. The lowest BCUT2D eigenvalue weighted by Gasteiger charge is -2.07. The highest BCUT2D eigenvalue weighted by atomic mass is 35.5. The number of furan rings is 1. The van der Waals surface area contributed by atoms with Crippen LogP contribution in [0.25, 0.3) is 11.3 Å². The Kier molecular flexibility index (Phi) is 5.16. The molecule has 0 aliphatic rings. The number of rotatable bonds is 4. The van der Waals surface area contributed by atoms with Crippen LogP contribution in [0.15, 0.2) is 59.0 Å². The minimum atomic E-state index is -0.302. The number of anilines is 1. The Morgan fingerprint density at radius 3 is 2.32 bits per heavy atom. The van der Waals surface area contributed by atoms with E-state index in [4.69, 9.17) is 27.6 Å². The van der Waals surface area contributed by atoms with Gasteiger partial charge in [0, 0.05) is 11.3 Å². The van der Waals surface area contributed by atoms with Gasteiger partial charge in [-0.05, 0) is 53.9 Å². The van der Waals surface area contributed by atoms with Gasteiger partial charge >= 0.3 is 0 Å². The van der Waals surface area contributed by atoms with Gasteiger partial charge in [0.2, 0.25) is 0 Å². The SMILES string of the molecule is CC(C)c1ccc(NC(=O)c2ccc(-c3ccc(Cl)c(Cl)c3)o2)cc1. The molecular weight excluding hydrogens is 357 g/mol. The summed E-state index contributed by atoms with van der Waals surface area (Å²) in [6, 6.07) is 16.3. The van der Waals surface area contributed by atoms with E-state index in [1.54, 1.807) is 30.3 Å². The van der Waals surface area contributed by atoms with Gasteiger partial charge in [0.05, 0.1) is 10.0 Å². The van der Waals surface area contributed by atoms with Gasteiger partial charge in [0.25, 0.3) is 5.91 Å². The average Bonchev–Trinajstić information content (AvgIpc) is 3.08. The predicted molar refractivity (Wildman–Crippen MR) is 103 cm³/mol. The molecule has 0 unspecified atom stereocenters. The lowest BCUT2D eigenvalue weighted by molar-refractivity contribution is 0.0997. The summed E-state index contributed by atoms with van der Waals surface area (Å²) in [5.74, 6) is 0.931. The molecule has 3 rings (SSSR count). The Hall–Kier alpha value is -2.23. The highest BCUT2D eigenvalue weighted by molar-refractivity contribution is 6.42. The van der Waals surface area contributed by atoms with Crippen molar-refractivity contribution >= 4 is 34.8 Å². The van der Waals surface area contributed by atoms with E-state index in [1.807, 2.05) is 24.3 Å². The largest absolute Gasteiger partial charge is 0.451 e. The van der Waals surface area contributed by atoms with E-state index in [9.17, 15) is 4.79 Å². The Bertz CT molecular complexity index is 898. The molecular formula is C20H17Cl2NO2. The Morgan fingerprint density at radius 1 is 0.960 bits per heavy atom. The zero-order valence-corrected chi connectivity index (χ0v) is 15.4. The van der Waals surface area contributed by atoms with Crippen molar-refractivity contribution in [1.82, 2.24) is 0 Å². The van der Waals surface area contributed by atoms with E-state index >= 15 is 0 Å². The standard InChI is InChI=1S/C20H17Cl2NO2/c1-12(2)13-3-6-15(7-4-13)23-20(24)19-10-9-18(25-19)14-5-8-16(21)17(22)11-14/h3-12H,1-2H3,(H,23,24). The maximum absolute atomic E-state index is 12.3. The van der Waals surface area contributed by atoms with E-state index in [-0.39, 0.29) is 11.7 Å². The summed E-state index contributed by atoms with van der Waals surface area (Å²) in [5, 5.41) is 3.74. The van der Waals surface area contributed by atoms with Crippen molar-refractivity contribution in [2.75, 3.05) is 5.32 Å². The molecule has 0 radical (unpaired) electrons. The van der Waals surface area contributed by atoms with Gasteiger partial charge in [0.1, 0.15) is 5.76 Å². The van der Waals surface area contributed by atoms with Gasteiger partial charge in [-0.1, -0.05) is 49.2 Å². The number of halogens is 2. The molecule has 0 atom stereocenters.